The van der Waals surface area contributed by atoms with Crippen molar-refractivity contribution in [2.24, 2.45) is 0 Å². The number of nitrogens with zero attached hydrogens (tertiary/aromatic N) is 7. The van der Waals surface area contributed by atoms with E-state index in [0.29, 0.717) is 77.4 Å². The summed E-state index contributed by atoms with van der Waals surface area (Å²) in [4.78, 5) is 54.9. The summed E-state index contributed by atoms with van der Waals surface area (Å²) in [6.07, 6.45) is 0.900. The molecule has 0 aliphatic carbocycles. The molecule has 628 valence electrons. The minimum absolute atomic E-state index is 0.00649. The Morgan fingerprint density at radius 1 is 0.368 bits per heavy atom. The number of hydrogen-bond acceptors (Lipinski definition) is 22. The van der Waals surface area contributed by atoms with Crippen molar-refractivity contribution < 1.29 is 78.6 Å². The quantitative estimate of drug-likeness (QED) is 0.0292. The highest BCUT2D eigenvalue weighted by Crippen LogP contribution is 2.42. The zero-order valence-corrected chi connectivity index (χ0v) is 74.1. The van der Waals surface area contributed by atoms with Gasteiger partial charge in [0.1, 0.15) is 5.75 Å². The number of methoxy groups -OCH3 is 2. The maximum absolute atomic E-state index is 11.7. The van der Waals surface area contributed by atoms with Crippen LogP contribution in [0.3, 0.4) is 0 Å². The molecule has 0 saturated carbocycles. The SMILES string of the molecule is CC(C)c1cc(Cl)nnc1Cl.CC(C)c1cc(Oc2c(Cl)cc(CC(=O)O)cc2Cl)n[nH]c1=O.CC(C)c1cc(Oc2c(Cl)cc(CC(=O)O)cc2Cl)nnc1Cl.CC(C)c1cc(Oc2c(Cl)cc(CCO)cc2Cl)nnc1Cl.COC(=O)Cc1cc(Cl)c(O)c(Cl)c1.COC(=O)Cc1ccc(O)cc1.OCCc1cc(Cl)c(O)c(Cl)c1. The fourth-order valence-electron chi connectivity index (χ4n) is 9.28. The molecule has 0 unspecified atom stereocenters. The molecule has 4 heterocycles. The number of H-pyrrole nitrogens is 1. The Morgan fingerprint density at radius 2 is 0.658 bits per heavy atom. The summed E-state index contributed by atoms with van der Waals surface area (Å²) in [5.74, 6) is -0.819. The molecule has 10 rings (SSSR count). The predicted octanol–water partition coefficient (Wildman–Crippen LogP) is 22.1. The number of phenols is 3. The largest absolute Gasteiger partial charge is 0.508 e. The van der Waals surface area contributed by atoms with Crippen molar-refractivity contribution in [3.05, 3.63) is 246 Å². The molecule has 4 aromatic heterocycles. The number of rotatable bonds is 22. The lowest BCUT2D eigenvalue weighted by Gasteiger charge is -2.12. The number of aliphatic hydroxyl groups is 2. The van der Waals surface area contributed by atoms with Crippen molar-refractivity contribution in [1.29, 1.82) is 0 Å². The molecular formula is C78H76Cl14N8O17. The summed E-state index contributed by atoms with van der Waals surface area (Å²) in [7, 11) is 2.65. The lowest BCUT2D eigenvalue weighted by Crippen LogP contribution is -2.15. The number of hydrogen-bond donors (Lipinski definition) is 8. The Bertz CT molecular complexity index is 5000. The Kier molecular flexibility index (Phi) is 43.6. The van der Waals surface area contributed by atoms with Crippen LogP contribution in [0.5, 0.6) is 52.1 Å². The number of phenolic OH excluding ortho intramolecular Hbond substituents is 3. The number of aliphatic carboxylic acids is 2. The number of carbonyl (C=O) groups is 4. The van der Waals surface area contributed by atoms with Gasteiger partial charge in [0, 0.05) is 37.0 Å². The highest BCUT2D eigenvalue weighted by atomic mass is 35.5. The first-order valence-corrected chi connectivity index (χ1v) is 39.5. The first kappa shape index (κ1) is 101. The van der Waals surface area contributed by atoms with Gasteiger partial charge in [-0.2, -0.15) is 0 Å². The Balaban J connectivity index is 0.000000293. The Morgan fingerprint density at radius 3 is 0.983 bits per heavy atom. The second kappa shape index (κ2) is 50.2. The number of esters is 2. The number of nitrogens with one attached hydrogen (secondary N) is 1. The number of aromatic amines is 1. The topological polar surface area (TPSA) is 379 Å². The van der Waals surface area contributed by atoms with Crippen LogP contribution in [-0.2, 0) is 67.2 Å². The van der Waals surface area contributed by atoms with Gasteiger partial charge < -0.3 is 59.4 Å². The maximum Gasteiger partial charge on any atom is 0.309 e. The number of carboxylic acid groups (broad SMARTS) is 2. The maximum atomic E-state index is 11.7. The molecule has 8 N–H and O–H groups in total. The van der Waals surface area contributed by atoms with Crippen LogP contribution in [0.25, 0.3) is 0 Å². The van der Waals surface area contributed by atoms with Crippen LogP contribution >= 0.6 is 162 Å². The molecule has 0 saturated heterocycles. The van der Waals surface area contributed by atoms with Gasteiger partial charge in [-0.05, 0) is 165 Å². The molecule has 0 aliphatic rings. The number of benzene rings is 6. The number of aliphatic hydroxyl groups excluding tert-OH is 2. The fraction of sp³-hybridized carbons (Fsp3) is 0.282. The van der Waals surface area contributed by atoms with E-state index >= 15 is 0 Å². The number of aromatic hydroxyl groups is 3. The molecule has 10 aromatic rings. The Labute approximate surface area is 742 Å². The average Bonchev–Trinajstić information content (AvgIpc) is 0.819. The van der Waals surface area contributed by atoms with Crippen molar-refractivity contribution in [2.45, 2.75) is 118 Å². The van der Waals surface area contributed by atoms with Crippen molar-refractivity contribution in [1.82, 2.24) is 40.8 Å². The summed E-state index contributed by atoms with van der Waals surface area (Å²) in [6.45, 7) is 15.8. The summed E-state index contributed by atoms with van der Waals surface area (Å²) in [6, 6.07) is 28.5. The van der Waals surface area contributed by atoms with Crippen LogP contribution in [0.1, 0.15) is 135 Å². The predicted molar refractivity (Wildman–Crippen MR) is 457 cm³/mol. The highest BCUT2D eigenvalue weighted by Gasteiger charge is 2.21. The molecule has 0 fully saturated rings. The molecule has 39 heteroatoms. The van der Waals surface area contributed by atoms with Gasteiger partial charge in [-0.25, -0.2) is 5.10 Å². The van der Waals surface area contributed by atoms with E-state index in [9.17, 15) is 34.2 Å². The zero-order chi connectivity index (χ0) is 87.8. The van der Waals surface area contributed by atoms with Gasteiger partial charge in [-0.1, -0.05) is 230 Å². The van der Waals surface area contributed by atoms with E-state index in [-0.39, 0.29) is 161 Å². The number of carboxylic acids is 2. The third-order valence-corrected chi connectivity index (χ3v) is 19.0. The number of aromatic nitrogens is 8. The van der Waals surface area contributed by atoms with E-state index in [2.05, 4.69) is 50.3 Å². The minimum Gasteiger partial charge on any atom is -0.508 e. The summed E-state index contributed by atoms with van der Waals surface area (Å²) in [5, 5.41) is 95.0. The molecule has 0 amide bonds. The third-order valence-electron chi connectivity index (χ3n) is 15.1. The van der Waals surface area contributed by atoms with Crippen LogP contribution in [0.15, 0.2) is 114 Å². The third kappa shape index (κ3) is 34.4. The molecule has 0 aliphatic heterocycles. The van der Waals surface area contributed by atoms with Gasteiger partial charge in [0.05, 0.1) is 90.1 Å². The van der Waals surface area contributed by atoms with E-state index in [1.807, 2.05) is 55.4 Å². The van der Waals surface area contributed by atoms with E-state index in [1.165, 1.54) is 68.8 Å². The number of halogens is 14. The molecule has 25 nitrogen and oxygen atoms in total. The van der Waals surface area contributed by atoms with Crippen molar-refractivity contribution >= 4 is 186 Å². The number of ether oxygens (including phenoxy) is 5. The standard InChI is InChI=1S/C15H13Cl3N2O3.C15H15Cl3N2O2.C15H14Cl2N2O4.C9H8Cl2O3.C9H10O3.C8H8Cl2O2.C7H8Cl2N2/c1-7(2)9-6-12(19-20-15(9)18)23-14-10(16)3-8(4-11(14)17)5-13(21)22;1-8(2)10-7-13(19-20-15(10)18)22-14-11(16)5-9(3-4-21)6-12(14)17;1-7(2)9-6-12(18-19-15(9)22)23-14-10(16)3-8(4-11(14)17)5-13(20)21;1-14-8(12)4-5-2-6(10)9(13)7(11)3-5;1-12-9(11)6-7-2-4-8(10)5-3-7;9-6-3-5(1-2-11)4-7(10)8(6)12;1-4(2)5-3-6(8)10-11-7(5)9/h3-4,6-7H,5H2,1-2H3,(H,21,22);5-8,21H,3-4H2,1-2H3;3-4,6-7H,5H2,1-2H3,(H,19,22)(H,20,21);2-3,13H,4H2,1H3;2-5,10H,6H2,1H3;3-4,11-12H,1-2H2;3-4H,1-2H3. The minimum atomic E-state index is -0.991. The Hall–Kier alpha value is -7.90. The molecule has 6 aromatic carbocycles. The smallest absolute Gasteiger partial charge is 0.309 e. The normalized spacial score (nSPS) is 10.5. The van der Waals surface area contributed by atoms with Gasteiger partial charge in [0.2, 0.25) is 17.6 Å². The first-order chi connectivity index (χ1) is 55.0. The van der Waals surface area contributed by atoms with Crippen LogP contribution in [0.4, 0.5) is 0 Å². The average molecular weight is 1890 g/mol. The molecule has 0 radical (unpaired) electrons. The van der Waals surface area contributed by atoms with Crippen LogP contribution in [0, 0.1) is 0 Å². The van der Waals surface area contributed by atoms with Crippen molar-refractivity contribution in [3.8, 4) is 52.1 Å². The van der Waals surface area contributed by atoms with E-state index in [1.54, 1.807) is 54.6 Å². The zero-order valence-electron chi connectivity index (χ0n) is 63.5. The molecule has 0 spiro atoms. The number of carbonyl (C=O) groups excluding carboxylic acids is 2. The molecular weight excluding hydrogens is 1820 g/mol. The first-order valence-electron chi connectivity index (χ1n) is 34.2. The van der Waals surface area contributed by atoms with Crippen molar-refractivity contribution in [3.63, 3.8) is 0 Å². The lowest BCUT2D eigenvalue weighted by atomic mass is 10.1. The highest BCUT2D eigenvalue weighted by molar-refractivity contribution is 6.40. The summed E-state index contributed by atoms with van der Waals surface area (Å²) in [5.41, 5.74) is 6.78. The van der Waals surface area contributed by atoms with Crippen molar-refractivity contribution in [2.75, 3.05) is 27.4 Å². The van der Waals surface area contributed by atoms with Crippen LogP contribution in [0.2, 0.25) is 70.8 Å². The molecule has 0 atom stereocenters. The lowest BCUT2D eigenvalue weighted by molar-refractivity contribution is -0.140. The van der Waals surface area contributed by atoms with Crippen LogP contribution < -0.4 is 19.8 Å². The van der Waals surface area contributed by atoms with Gasteiger partial charge in [-0.15, -0.1) is 35.7 Å². The van der Waals surface area contributed by atoms with E-state index < -0.39 is 11.9 Å². The van der Waals surface area contributed by atoms with Gasteiger partial charge in [0.25, 0.3) is 5.56 Å². The van der Waals surface area contributed by atoms with E-state index in [0.717, 1.165) is 33.4 Å². The summed E-state index contributed by atoms with van der Waals surface area (Å²) < 4.78 is 25.8. The monoisotopic (exact) mass is 1890 g/mol. The fourth-order valence-corrected chi connectivity index (χ4v) is 13.3. The molecule has 117 heavy (non-hydrogen) atoms. The van der Waals surface area contributed by atoms with E-state index in [4.69, 9.17) is 202 Å². The second-order valence-corrected chi connectivity index (χ2v) is 31.0. The van der Waals surface area contributed by atoms with Gasteiger partial charge in [0.15, 0.2) is 49.4 Å². The van der Waals surface area contributed by atoms with Gasteiger partial charge >= 0.3 is 23.9 Å². The molecule has 0 bridgehead atoms. The van der Waals surface area contributed by atoms with Crippen LogP contribution in [-0.4, -0.2) is 128 Å². The second-order valence-electron chi connectivity index (χ2n) is 25.4. The summed E-state index contributed by atoms with van der Waals surface area (Å²) >= 11 is 82.8. The van der Waals surface area contributed by atoms with Gasteiger partial charge in [-0.3, -0.25) is 24.0 Å².